The molecule has 2 rings (SSSR count). The Morgan fingerprint density at radius 1 is 1.21 bits per heavy atom. The van der Waals surface area contributed by atoms with Gasteiger partial charge in [-0.15, -0.1) is 0 Å². The number of rotatable bonds is 3. The lowest BCUT2D eigenvalue weighted by atomic mass is 9.77. The van der Waals surface area contributed by atoms with E-state index in [0.29, 0.717) is 24.0 Å². The Morgan fingerprint density at radius 2 is 1.89 bits per heavy atom. The molecular weight excluding hydrogens is 244 g/mol. The van der Waals surface area contributed by atoms with E-state index >= 15 is 0 Å². The van der Waals surface area contributed by atoms with Crippen molar-refractivity contribution in [3.63, 3.8) is 0 Å². The molecule has 4 heteroatoms. The number of hydrogen-bond acceptors (Lipinski definition) is 4. The van der Waals surface area contributed by atoms with Gasteiger partial charge in [-0.25, -0.2) is 0 Å². The maximum atomic E-state index is 11.9. The van der Waals surface area contributed by atoms with Crippen LogP contribution in [0.1, 0.15) is 32.1 Å². The van der Waals surface area contributed by atoms with Crippen LogP contribution in [-0.2, 0) is 14.3 Å². The summed E-state index contributed by atoms with van der Waals surface area (Å²) in [6.45, 7) is 0. The third-order valence-electron chi connectivity index (χ3n) is 4.29. The van der Waals surface area contributed by atoms with Crippen molar-refractivity contribution in [1.82, 2.24) is 0 Å². The van der Waals surface area contributed by atoms with Crippen molar-refractivity contribution in [2.75, 3.05) is 14.2 Å². The van der Waals surface area contributed by atoms with Crippen molar-refractivity contribution in [2.24, 2.45) is 5.92 Å². The Balaban J connectivity index is 2.09. The second-order valence-electron chi connectivity index (χ2n) is 5.31. The average molecular weight is 266 g/mol. The zero-order valence-corrected chi connectivity index (χ0v) is 11.6. The minimum absolute atomic E-state index is 0.126. The molecular formula is C15H22O4. The highest BCUT2D eigenvalue weighted by atomic mass is 16.5. The fraction of sp³-hybridized carbons (Fsp3) is 0.667. The molecule has 0 aliphatic heterocycles. The maximum Gasteiger partial charge on any atom is 0.194 e. The molecule has 1 atom stereocenters. The lowest BCUT2D eigenvalue weighted by Gasteiger charge is -2.32. The van der Waals surface area contributed by atoms with Crippen molar-refractivity contribution in [1.29, 1.82) is 0 Å². The molecule has 0 radical (unpaired) electrons. The Bertz CT molecular complexity index is 389. The van der Waals surface area contributed by atoms with Crippen LogP contribution in [0.3, 0.4) is 0 Å². The van der Waals surface area contributed by atoms with E-state index in [9.17, 15) is 4.79 Å². The molecule has 0 spiro atoms. The fourth-order valence-corrected chi connectivity index (χ4v) is 3.07. The molecule has 1 fully saturated rings. The predicted octanol–water partition coefficient (Wildman–Crippen LogP) is 2.55. The summed E-state index contributed by atoms with van der Waals surface area (Å²) in [6, 6.07) is 0. The van der Waals surface area contributed by atoms with E-state index in [1.54, 1.807) is 14.2 Å². The predicted molar refractivity (Wildman–Crippen MR) is 72.0 cm³/mol. The first kappa shape index (κ1) is 14.3. The lowest BCUT2D eigenvalue weighted by molar-refractivity contribution is -0.125. The van der Waals surface area contributed by atoms with Gasteiger partial charge in [0.2, 0.25) is 0 Å². The lowest BCUT2D eigenvalue weighted by Crippen LogP contribution is -2.31. The molecule has 0 aromatic heterocycles. The molecule has 2 aliphatic rings. The average Bonchev–Trinajstić information content (AvgIpc) is 2.47. The van der Waals surface area contributed by atoms with E-state index in [2.05, 4.69) is 0 Å². The van der Waals surface area contributed by atoms with Gasteiger partial charge in [-0.3, -0.25) is 4.79 Å². The molecule has 0 amide bonds. The summed E-state index contributed by atoms with van der Waals surface area (Å²) in [6.07, 6.45) is 7.58. The molecule has 0 bridgehead atoms. The summed E-state index contributed by atoms with van der Waals surface area (Å²) in [5, 5.41) is 9.17. The van der Waals surface area contributed by atoms with Crippen LogP contribution in [0.2, 0.25) is 0 Å². The van der Waals surface area contributed by atoms with Crippen LogP contribution >= 0.6 is 0 Å². The third kappa shape index (κ3) is 3.07. The number of ether oxygens (including phenoxy) is 2. The Labute approximate surface area is 114 Å². The van der Waals surface area contributed by atoms with Crippen LogP contribution in [0.25, 0.3) is 0 Å². The van der Waals surface area contributed by atoms with Gasteiger partial charge >= 0.3 is 0 Å². The fourth-order valence-electron chi connectivity index (χ4n) is 3.07. The quantitative estimate of drug-likeness (QED) is 0.630. The van der Waals surface area contributed by atoms with Crippen molar-refractivity contribution in [3.05, 3.63) is 23.5 Å². The van der Waals surface area contributed by atoms with E-state index in [4.69, 9.17) is 14.6 Å². The number of carbonyl (C=O) groups is 1. The second kappa shape index (κ2) is 6.35. The Hall–Kier alpha value is -1.13. The molecule has 1 saturated carbocycles. The minimum Gasteiger partial charge on any atom is -0.515 e. The number of hydrogen-bond donors (Lipinski definition) is 1. The van der Waals surface area contributed by atoms with E-state index in [0.717, 1.165) is 31.9 Å². The van der Waals surface area contributed by atoms with Crippen LogP contribution in [-0.4, -0.2) is 37.3 Å². The van der Waals surface area contributed by atoms with Gasteiger partial charge in [0.25, 0.3) is 0 Å². The number of allylic oxidation sites excluding steroid dienone is 1. The summed E-state index contributed by atoms with van der Waals surface area (Å²) >= 11 is 0. The topological polar surface area (TPSA) is 55.8 Å². The van der Waals surface area contributed by atoms with Crippen molar-refractivity contribution >= 4 is 5.78 Å². The third-order valence-corrected chi connectivity index (χ3v) is 4.29. The minimum atomic E-state index is -0.446. The van der Waals surface area contributed by atoms with Crippen molar-refractivity contribution < 1.29 is 19.4 Å². The number of carbonyl (C=O) groups excluding carboxylic acids is 1. The molecule has 1 N–H and O–H groups in total. The standard InChI is InChI=1S/C15H22O4/c1-18-13-5-3-10(4-6-13)11-7-12(9-16)15(17)14(8-11)19-2/h7,9-10,13-14,16H,3-6,8H2,1-2H3/b12-9+. The summed E-state index contributed by atoms with van der Waals surface area (Å²) in [5.41, 5.74) is 1.59. The first-order valence-corrected chi connectivity index (χ1v) is 6.84. The highest BCUT2D eigenvalue weighted by Crippen LogP contribution is 2.36. The Morgan fingerprint density at radius 3 is 2.42 bits per heavy atom. The van der Waals surface area contributed by atoms with E-state index in [1.165, 1.54) is 5.57 Å². The summed E-state index contributed by atoms with van der Waals surface area (Å²) in [4.78, 5) is 11.9. The maximum absolute atomic E-state index is 11.9. The zero-order valence-electron chi connectivity index (χ0n) is 11.6. The van der Waals surface area contributed by atoms with E-state index in [-0.39, 0.29) is 5.78 Å². The molecule has 1 unspecified atom stereocenters. The number of aliphatic hydroxyl groups is 1. The molecule has 0 heterocycles. The highest BCUT2D eigenvalue weighted by Gasteiger charge is 2.32. The second-order valence-corrected chi connectivity index (χ2v) is 5.31. The number of aliphatic hydroxyl groups excluding tert-OH is 1. The van der Waals surface area contributed by atoms with Gasteiger partial charge < -0.3 is 14.6 Å². The molecule has 2 aliphatic carbocycles. The normalized spacial score (nSPS) is 34.4. The van der Waals surface area contributed by atoms with Crippen molar-refractivity contribution in [3.8, 4) is 0 Å². The molecule has 4 nitrogen and oxygen atoms in total. The monoisotopic (exact) mass is 266 g/mol. The van der Waals surface area contributed by atoms with Gasteiger partial charge in [0.15, 0.2) is 5.78 Å². The smallest absolute Gasteiger partial charge is 0.194 e. The largest absolute Gasteiger partial charge is 0.515 e. The molecule has 0 saturated heterocycles. The molecule has 19 heavy (non-hydrogen) atoms. The van der Waals surface area contributed by atoms with Gasteiger partial charge in [0.05, 0.1) is 17.9 Å². The Kier molecular flexibility index (Phi) is 4.77. The van der Waals surface area contributed by atoms with Gasteiger partial charge in [-0.05, 0) is 37.7 Å². The van der Waals surface area contributed by atoms with Gasteiger partial charge in [-0.2, -0.15) is 0 Å². The van der Waals surface area contributed by atoms with Gasteiger partial charge in [0.1, 0.15) is 6.10 Å². The van der Waals surface area contributed by atoms with Gasteiger partial charge in [0, 0.05) is 20.6 Å². The van der Waals surface area contributed by atoms with Crippen LogP contribution in [0.4, 0.5) is 0 Å². The van der Waals surface area contributed by atoms with E-state index < -0.39 is 6.10 Å². The van der Waals surface area contributed by atoms with E-state index in [1.807, 2.05) is 6.08 Å². The SMILES string of the molecule is COC1CCC(C2=C/C(=C\O)C(=O)C(OC)C2)CC1. The van der Waals surface area contributed by atoms with Crippen LogP contribution < -0.4 is 0 Å². The zero-order chi connectivity index (χ0) is 13.8. The highest BCUT2D eigenvalue weighted by molar-refractivity contribution is 6.02. The first-order valence-electron chi connectivity index (χ1n) is 6.84. The number of methoxy groups -OCH3 is 2. The molecule has 0 aromatic rings. The van der Waals surface area contributed by atoms with Gasteiger partial charge in [-0.1, -0.05) is 5.57 Å². The summed E-state index contributed by atoms with van der Waals surface area (Å²) < 4.78 is 10.6. The number of ketones is 1. The number of Topliss-reactive ketones (excluding diaryl/α,β-unsaturated/α-hetero) is 1. The van der Waals surface area contributed by atoms with Crippen LogP contribution in [0, 0.1) is 5.92 Å². The van der Waals surface area contributed by atoms with Crippen LogP contribution in [0.15, 0.2) is 23.5 Å². The van der Waals surface area contributed by atoms with Crippen molar-refractivity contribution in [2.45, 2.75) is 44.3 Å². The molecule has 0 aromatic carbocycles. The summed E-state index contributed by atoms with van der Waals surface area (Å²) in [5.74, 6) is 0.353. The molecule has 106 valence electrons. The van der Waals surface area contributed by atoms with Crippen LogP contribution in [0.5, 0.6) is 0 Å². The summed E-state index contributed by atoms with van der Waals surface area (Å²) in [7, 11) is 3.30. The first-order chi connectivity index (χ1) is 9.19.